The van der Waals surface area contributed by atoms with Gasteiger partial charge in [0.1, 0.15) is 0 Å². The highest BCUT2D eigenvalue weighted by Crippen LogP contribution is 2.32. The minimum atomic E-state index is -4.08. The molecule has 0 saturated carbocycles. The average molecular weight is 497 g/mol. The molecular formula is C21H28N4O6S2. The van der Waals surface area contributed by atoms with Gasteiger partial charge in [-0.25, -0.2) is 16.8 Å². The molecule has 3 rings (SSSR count). The largest absolute Gasteiger partial charge is 0.378 e. The highest BCUT2D eigenvalue weighted by atomic mass is 32.2. The van der Waals surface area contributed by atoms with E-state index in [0.29, 0.717) is 32.0 Å². The fourth-order valence-electron chi connectivity index (χ4n) is 3.55. The van der Waals surface area contributed by atoms with Gasteiger partial charge in [0.2, 0.25) is 15.9 Å². The Kier molecular flexibility index (Phi) is 7.62. The van der Waals surface area contributed by atoms with Gasteiger partial charge < -0.3 is 15.4 Å². The lowest BCUT2D eigenvalue weighted by atomic mass is 10.2. The van der Waals surface area contributed by atoms with Crippen LogP contribution in [0.25, 0.3) is 0 Å². The maximum Gasteiger partial charge on any atom is 0.261 e. The number of nitrogens with zero attached hydrogens (tertiary/aromatic N) is 2. The first-order chi connectivity index (χ1) is 15.6. The lowest BCUT2D eigenvalue weighted by molar-refractivity contribution is 0.1000. The molecule has 1 amide bonds. The molecule has 0 bridgehead atoms. The van der Waals surface area contributed by atoms with Crippen LogP contribution >= 0.6 is 0 Å². The highest BCUT2D eigenvalue weighted by molar-refractivity contribution is 7.92. The van der Waals surface area contributed by atoms with Crippen molar-refractivity contribution in [2.45, 2.75) is 23.6 Å². The Bertz CT molecular complexity index is 1200. The standard InChI is InChI=1S/C21H28N4O6S2/c1-3-25(4-2)33(29,30)18-9-10-20(24-11-13-31-14-12-24)19(15-18)23-32(27,28)17-7-5-16(6-8-17)21(22)26/h5-10,15,23H,3-4,11-14H2,1-2H3,(H2,22,26). The molecule has 2 aromatic carbocycles. The molecule has 1 aliphatic rings. The average Bonchev–Trinajstić information content (AvgIpc) is 2.80. The van der Waals surface area contributed by atoms with Gasteiger partial charge in [0.05, 0.1) is 34.4 Å². The van der Waals surface area contributed by atoms with Gasteiger partial charge in [-0.05, 0) is 42.5 Å². The van der Waals surface area contributed by atoms with Gasteiger partial charge in [-0.3, -0.25) is 9.52 Å². The summed E-state index contributed by atoms with van der Waals surface area (Å²) < 4.78 is 61.5. The molecule has 10 nitrogen and oxygen atoms in total. The minimum Gasteiger partial charge on any atom is -0.378 e. The Balaban J connectivity index is 2.05. The fraction of sp³-hybridized carbons (Fsp3) is 0.381. The van der Waals surface area contributed by atoms with Crippen LogP contribution in [-0.2, 0) is 24.8 Å². The molecule has 33 heavy (non-hydrogen) atoms. The van der Waals surface area contributed by atoms with Crippen LogP contribution in [0.15, 0.2) is 52.3 Å². The van der Waals surface area contributed by atoms with E-state index in [1.54, 1.807) is 19.9 Å². The molecule has 1 saturated heterocycles. The Morgan fingerprint density at radius 2 is 1.58 bits per heavy atom. The number of anilines is 2. The number of primary amides is 1. The quantitative estimate of drug-likeness (QED) is 0.536. The van der Waals surface area contributed by atoms with Crippen molar-refractivity contribution in [2.75, 3.05) is 49.0 Å². The first-order valence-corrected chi connectivity index (χ1v) is 13.4. The van der Waals surface area contributed by atoms with E-state index in [2.05, 4.69) is 4.72 Å². The number of sulfonamides is 2. The molecule has 0 atom stereocenters. The number of nitrogens with one attached hydrogen (secondary N) is 1. The molecule has 1 heterocycles. The van der Waals surface area contributed by atoms with E-state index in [9.17, 15) is 21.6 Å². The summed E-state index contributed by atoms with van der Waals surface area (Å²) in [6.45, 7) is 6.06. The van der Waals surface area contributed by atoms with Crippen molar-refractivity contribution < 1.29 is 26.4 Å². The van der Waals surface area contributed by atoms with Crippen molar-refractivity contribution in [1.29, 1.82) is 0 Å². The SMILES string of the molecule is CCN(CC)S(=O)(=O)c1ccc(N2CCOCC2)c(NS(=O)(=O)c2ccc(C(N)=O)cc2)c1. The number of carbonyl (C=O) groups is 1. The van der Waals surface area contributed by atoms with E-state index in [1.807, 2.05) is 4.90 Å². The van der Waals surface area contributed by atoms with E-state index < -0.39 is 26.0 Å². The van der Waals surface area contributed by atoms with Crippen molar-refractivity contribution in [3.63, 3.8) is 0 Å². The zero-order chi connectivity index (χ0) is 24.2. The molecule has 0 aliphatic carbocycles. The molecule has 180 valence electrons. The van der Waals surface area contributed by atoms with Crippen LogP contribution in [0.1, 0.15) is 24.2 Å². The summed E-state index contributed by atoms with van der Waals surface area (Å²) in [7, 11) is -7.88. The zero-order valence-electron chi connectivity index (χ0n) is 18.5. The molecule has 1 aliphatic heterocycles. The lowest BCUT2D eigenvalue weighted by Gasteiger charge is -2.31. The molecule has 0 spiro atoms. The molecule has 1 fully saturated rings. The van der Waals surface area contributed by atoms with Crippen LogP contribution in [0.4, 0.5) is 11.4 Å². The molecule has 12 heteroatoms. The molecule has 0 unspecified atom stereocenters. The minimum absolute atomic E-state index is 0.00927. The van der Waals surface area contributed by atoms with Crippen LogP contribution in [0.3, 0.4) is 0 Å². The van der Waals surface area contributed by atoms with Crippen molar-refractivity contribution >= 4 is 37.3 Å². The topological polar surface area (TPSA) is 139 Å². The predicted octanol–water partition coefficient (Wildman–Crippen LogP) is 1.45. The summed E-state index contributed by atoms with van der Waals surface area (Å²) in [5.74, 6) is -0.671. The first-order valence-electron chi connectivity index (χ1n) is 10.5. The first kappa shape index (κ1) is 25.0. The van der Waals surface area contributed by atoms with Crippen LogP contribution in [-0.4, -0.2) is 66.4 Å². The van der Waals surface area contributed by atoms with E-state index in [4.69, 9.17) is 10.5 Å². The highest BCUT2D eigenvalue weighted by Gasteiger charge is 2.26. The van der Waals surface area contributed by atoms with Crippen molar-refractivity contribution in [3.8, 4) is 0 Å². The Hall–Kier alpha value is -2.67. The maximum atomic E-state index is 13.1. The molecule has 0 radical (unpaired) electrons. The number of hydrogen-bond acceptors (Lipinski definition) is 7. The summed E-state index contributed by atoms with van der Waals surface area (Å²) in [5, 5.41) is 0. The summed E-state index contributed by atoms with van der Waals surface area (Å²) in [5.41, 5.74) is 6.09. The maximum absolute atomic E-state index is 13.1. The molecule has 0 aromatic heterocycles. The van der Waals surface area contributed by atoms with E-state index in [0.717, 1.165) is 0 Å². The van der Waals surface area contributed by atoms with Gasteiger partial charge in [0.15, 0.2) is 0 Å². The number of carbonyl (C=O) groups excluding carboxylic acids is 1. The van der Waals surface area contributed by atoms with Crippen molar-refractivity contribution in [1.82, 2.24) is 4.31 Å². The third-order valence-corrected chi connectivity index (χ3v) is 8.78. The van der Waals surface area contributed by atoms with E-state index in [-0.39, 0.29) is 34.1 Å². The zero-order valence-corrected chi connectivity index (χ0v) is 20.2. The number of ether oxygens (including phenoxy) is 1. The fourth-order valence-corrected chi connectivity index (χ4v) is 6.10. The predicted molar refractivity (Wildman–Crippen MR) is 125 cm³/mol. The lowest BCUT2D eigenvalue weighted by Crippen LogP contribution is -2.37. The second kappa shape index (κ2) is 10.1. The van der Waals surface area contributed by atoms with Gasteiger partial charge in [-0.2, -0.15) is 4.31 Å². The van der Waals surface area contributed by atoms with E-state index in [1.165, 1.54) is 40.7 Å². The van der Waals surface area contributed by atoms with Gasteiger partial charge in [0.25, 0.3) is 10.0 Å². The molecular weight excluding hydrogens is 468 g/mol. The third kappa shape index (κ3) is 5.46. The summed E-state index contributed by atoms with van der Waals surface area (Å²) in [6, 6.07) is 9.62. The van der Waals surface area contributed by atoms with Gasteiger partial charge in [-0.15, -0.1) is 0 Å². The molecule has 3 N–H and O–H groups in total. The van der Waals surface area contributed by atoms with Crippen LogP contribution in [0, 0.1) is 0 Å². The number of hydrogen-bond donors (Lipinski definition) is 2. The second-order valence-electron chi connectivity index (χ2n) is 7.36. The Morgan fingerprint density at radius 1 is 1.00 bits per heavy atom. The number of benzene rings is 2. The van der Waals surface area contributed by atoms with Gasteiger partial charge >= 0.3 is 0 Å². The monoisotopic (exact) mass is 496 g/mol. The summed E-state index contributed by atoms with van der Waals surface area (Å²) >= 11 is 0. The number of rotatable bonds is 9. The smallest absolute Gasteiger partial charge is 0.261 e. The van der Waals surface area contributed by atoms with Crippen LogP contribution < -0.4 is 15.4 Å². The molecule has 2 aromatic rings. The van der Waals surface area contributed by atoms with Crippen molar-refractivity contribution in [2.24, 2.45) is 5.73 Å². The number of nitrogens with two attached hydrogens (primary N) is 1. The van der Waals surface area contributed by atoms with Crippen LogP contribution in [0.5, 0.6) is 0 Å². The van der Waals surface area contributed by atoms with Crippen molar-refractivity contribution in [3.05, 3.63) is 48.0 Å². The summed E-state index contributed by atoms with van der Waals surface area (Å²) in [4.78, 5) is 13.1. The number of morpholine rings is 1. The number of amides is 1. The van der Waals surface area contributed by atoms with Crippen LogP contribution in [0.2, 0.25) is 0 Å². The second-order valence-corrected chi connectivity index (χ2v) is 11.0. The normalized spacial score (nSPS) is 14.9. The summed E-state index contributed by atoms with van der Waals surface area (Å²) in [6.07, 6.45) is 0. The Labute approximate surface area is 194 Å². The van der Waals surface area contributed by atoms with Gasteiger partial charge in [-0.1, -0.05) is 13.8 Å². The van der Waals surface area contributed by atoms with Gasteiger partial charge in [0, 0.05) is 31.7 Å². The third-order valence-electron chi connectivity index (χ3n) is 5.36. The van der Waals surface area contributed by atoms with E-state index >= 15 is 0 Å². The Morgan fingerprint density at radius 3 is 2.12 bits per heavy atom.